The predicted molar refractivity (Wildman–Crippen MR) is 93.4 cm³/mol. The van der Waals surface area contributed by atoms with Gasteiger partial charge in [-0.05, 0) is 53.6 Å². The van der Waals surface area contributed by atoms with Gasteiger partial charge >= 0.3 is 0 Å². The number of carbonyl (C=O) groups is 1. The first kappa shape index (κ1) is 17.5. The van der Waals surface area contributed by atoms with E-state index in [9.17, 15) is 19.6 Å². The van der Waals surface area contributed by atoms with E-state index in [1.54, 1.807) is 12.1 Å². The first-order valence-electron chi connectivity index (χ1n) is 7.47. The molecule has 0 bridgehead atoms. The molecule has 0 amide bonds. The molecule has 26 heavy (non-hydrogen) atoms. The highest BCUT2D eigenvalue weighted by Crippen LogP contribution is 2.31. The SMILES string of the molecule is N#C/C(=C/c1ccc(-c2cc(C(=O)[O-])ccc2Cl)o1)c1ccc(F)cc1. The molecule has 3 aromatic rings. The highest BCUT2D eigenvalue weighted by molar-refractivity contribution is 6.33. The van der Waals surface area contributed by atoms with Crippen LogP contribution in [0.15, 0.2) is 59.0 Å². The molecule has 0 atom stereocenters. The molecule has 4 nitrogen and oxygen atoms in total. The van der Waals surface area contributed by atoms with Crippen molar-refractivity contribution >= 4 is 29.2 Å². The number of carboxylic acids is 1. The van der Waals surface area contributed by atoms with Gasteiger partial charge in [-0.1, -0.05) is 29.8 Å². The Morgan fingerprint density at radius 2 is 1.81 bits per heavy atom. The van der Waals surface area contributed by atoms with Gasteiger partial charge in [-0.3, -0.25) is 0 Å². The van der Waals surface area contributed by atoms with Crippen molar-refractivity contribution < 1.29 is 18.7 Å². The number of hydrogen-bond donors (Lipinski definition) is 0. The molecule has 3 rings (SSSR count). The van der Waals surface area contributed by atoms with Crippen molar-refractivity contribution in [1.29, 1.82) is 5.26 Å². The van der Waals surface area contributed by atoms with E-state index < -0.39 is 11.8 Å². The number of rotatable bonds is 4. The Balaban J connectivity index is 1.97. The molecule has 0 aliphatic carbocycles. The number of allylic oxidation sites excluding steroid dienone is 1. The van der Waals surface area contributed by atoms with E-state index in [2.05, 4.69) is 0 Å². The normalized spacial score (nSPS) is 11.2. The van der Waals surface area contributed by atoms with E-state index >= 15 is 0 Å². The summed E-state index contributed by atoms with van der Waals surface area (Å²) in [6.07, 6.45) is 1.51. The summed E-state index contributed by atoms with van der Waals surface area (Å²) in [5.41, 5.74) is 1.21. The Hall–Kier alpha value is -3.36. The maximum absolute atomic E-state index is 13.0. The lowest BCUT2D eigenvalue weighted by molar-refractivity contribution is -0.255. The summed E-state index contributed by atoms with van der Waals surface area (Å²) in [5, 5.41) is 20.7. The summed E-state index contributed by atoms with van der Waals surface area (Å²) in [6, 6.07) is 14.9. The van der Waals surface area contributed by atoms with Crippen LogP contribution in [0.4, 0.5) is 4.39 Å². The van der Waals surface area contributed by atoms with Crippen LogP contribution in [-0.2, 0) is 0 Å². The van der Waals surface area contributed by atoms with Gasteiger partial charge in [0.2, 0.25) is 0 Å². The minimum Gasteiger partial charge on any atom is -0.545 e. The second-order valence-corrected chi connectivity index (χ2v) is 5.77. The average molecular weight is 367 g/mol. The lowest BCUT2D eigenvalue weighted by Gasteiger charge is -2.06. The molecule has 1 aromatic heterocycles. The van der Waals surface area contributed by atoms with Gasteiger partial charge in [-0.2, -0.15) is 5.26 Å². The van der Waals surface area contributed by atoms with E-state index in [1.807, 2.05) is 6.07 Å². The van der Waals surface area contributed by atoms with Crippen LogP contribution in [0.3, 0.4) is 0 Å². The molecule has 0 unspecified atom stereocenters. The number of carboxylic acid groups (broad SMARTS) is 1. The Morgan fingerprint density at radius 3 is 2.46 bits per heavy atom. The van der Waals surface area contributed by atoms with Gasteiger partial charge in [0.05, 0.1) is 22.6 Å². The number of hydrogen-bond acceptors (Lipinski definition) is 4. The fraction of sp³-hybridized carbons (Fsp3) is 0. The zero-order valence-electron chi connectivity index (χ0n) is 13.2. The van der Waals surface area contributed by atoms with Crippen LogP contribution in [0.2, 0.25) is 5.02 Å². The molecule has 1 heterocycles. The summed E-state index contributed by atoms with van der Waals surface area (Å²) < 4.78 is 18.7. The topological polar surface area (TPSA) is 77.1 Å². The van der Waals surface area contributed by atoms with Crippen molar-refractivity contribution in [3.05, 3.63) is 82.3 Å². The lowest BCUT2D eigenvalue weighted by atomic mass is 10.1. The monoisotopic (exact) mass is 366 g/mol. The molecule has 0 N–H and O–H groups in total. The Labute approximate surface area is 153 Å². The van der Waals surface area contributed by atoms with Crippen LogP contribution >= 0.6 is 11.6 Å². The Kier molecular flexibility index (Phi) is 4.87. The Morgan fingerprint density at radius 1 is 1.12 bits per heavy atom. The van der Waals surface area contributed by atoms with Crippen molar-refractivity contribution in [2.45, 2.75) is 0 Å². The molecular formula is C20H10ClFNO3-. The molecule has 0 spiro atoms. The third-order valence-electron chi connectivity index (χ3n) is 3.66. The van der Waals surface area contributed by atoms with Gasteiger partial charge in [0, 0.05) is 5.56 Å². The average Bonchev–Trinajstić information content (AvgIpc) is 3.09. The van der Waals surface area contributed by atoms with Crippen LogP contribution in [0.5, 0.6) is 0 Å². The van der Waals surface area contributed by atoms with E-state index in [0.29, 0.717) is 33.2 Å². The molecule has 0 aliphatic heterocycles. The van der Waals surface area contributed by atoms with Crippen molar-refractivity contribution in [3.63, 3.8) is 0 Å². The van der Waals surface area contributed by atoms with Crippen molar-refractivity contribution in [2.24, 2.45) is 0 Å². The number of benzene rings is 2. The molecule has 0 saturated heterocycles. The molecule has 2 aromatic carbocycles. The number of halogens is 2. The quantitative estimate of drug-likeness (QED) is 0.649. The van der Waals surface area contributed by atoms with E-state index in [4.69, 9.17) is 16.0 Å². The summed E-state index contributed by atoms with van der Waals surface area (Å²) in [5.74, 6) is -0.997. The highest BCUT2D eigenvalue weighted by atomic mass is 35.5. The maximum atomic E-state index is 13.0. The third-order valence-corrected chi connectivity index (χ3v) is 3.99. The molecular weight excluding hydrogens is 357 g/mol. The number of carbonyl (C=O) groups excluding carboxylic acids is 1. The molecule has 0 aliphatic rings. The fourth-order valence-electron chi connectivity index (χ4n) is 2.37. The van der Waals surface area contributed by atoms with Gasteiger partial charge in [0.15, 0.2) is 0 Å². The third kappa shape index (κ3) is 3.66. The van der Waals surface area contributed by atoms with Crippen LogP contribution in [0, 0.1) is 17.1 Å². The van der Waals surface area contributed by atoms with Crippen LogP contribution in [0.25, 0.3) is 23.0 Å². The number of nitriles is 1. The van der Waals surface area contributed by atoms with E-state index in [1.165, 1.54) is 48.5 Å². The molecule has 6 heteroatoms. The highest BCUT2D eigenvalue weighted by Gasteiger charge is 2.11. The van der Waals surface area contributed by atoms with Crippen LogP contribution < -0.4 is 5.11 Å². The summed E-state index contributed by atoms with van der Waals surface area (Å²) in [4.78, 5) is 11.0. The Bertz CT molecular complexity index is 1050. The zero-order valence-corrected chi connectivity index (χ0v) is 14.0. The van der Waals surface area contributed by atoms with Gasteiger partial charge < -0.3 is 14.3 Å². The van der Waals surface area contributed by atoms with Crippen molar-refractivity contribution in [1.82, 2.24) is 0 Å². The second kappa shape index (κ2) is 7.26. The minimum absolute atomic E-state index is 0.0260. The summed E-state index contributed by atoms with van der Waals surface area (Å²) >= 11 is 6.11. The van der Waals surface area contributed by atoms with Crippen LogP contribution in [0.1, 0.15) is 21.7 Å². The molecule has 0 saturated carbocycles. The zero-order chi connectivity index (χ0) is 18.7. The van der Waals surface area contributed by atoms with Gasteiger partial charge in [-0.25, -0.2) is 4.39 Å². The maximum Gasteiger partial charge on any atom is 0.136 e. The standard InChI is InChI=1S/C20H11ClFNO3/c21-18-7-3-13(20(24)25)10-17(18)19-8-6-16(26-19)9-14(11-23)12-1-4-15(22)5-2-12/h1-10H,(H,24,25)/p-1/b14-9-. The minimum atomic E-state index is -1.32. The van der Waals surface area contributed by atoms with Crippen LogP contribution in [-0.4, -0.2) is 5.97 Å². The number of aromatic carboxylic acids is 1. The smallest absolute Gasteiger partial charge is 0.136 e. The van der Waals surface area contributed by atoms with Crippen molar-refractivity contribution in [2.75, 3.05) is 0 Å². The van der Waals surface area contributed by atoms with E-state index in [0.717, 1.165) is 0 Å². The largest absolute Gasteiger partial charge is 0.545 e. The van der Waals surface area contributed by atoms with E-state index in [-0.39, 0.29) is 5.56 Å². The summed E-state index contributed by atoms with van der Waals surface area (Å²) in [6.45, 7) is 0. The molecule has 0 fully saturated rings. The summed E-state index contributed by atoms with van der Waals surface area (Å²) in [7, 11) is 0. The molecule has 128 valence electrons. The second-order valence-electron chi connectivity index (χ2n) is 5.36. The first-order chi connectivity index (χ1) is 12.5. The molecule has 0 radical (unpaired) electrons. The first-order valence-corrected chi connectivity index (χ1v) is 7.84. The van der Waals surface area contributed by atoms with Gasteiger partial charge in [-0.15, -0.1) is 0 Å². The predicted octanol–water partition coefficient (Wildman–Crippen LogP) is 4.17. The van der Waals surface area contributed by atoms with Gasteiger partial charge in [0.1, 0.15) is 17.3 Å². The fourth-order valence-corrected chi connectivity index (χ4v) is 2.58. The van der Waals surface area contributed by atoms with Crippen molar-refractivity contribution in [3.8, 4) is 17.4 Å². The lowest BCUT2D eigenvalue weighted by Crippen LogP contribution is -2.22. The number of furan rings is 1. The van der Waals surface area contributed by atoms with Gasteiger partial charge in [0.25, 0.3) is 0 Å². The number of nitrogens with zero attached hydrogens (tertiary/aromatic N) is 1.